The zero-order valence-electron chi connectivity index (χ0n) is 30.9. The summed E-state index contributed by atoms with van der Waals surface area (Å²) < 4.78 is 38.3. The van der Waals surface area contributed by atoms with Crippen molar-refractivity contribution in [3.63, 3.8) is 0 Å². The smallest absolute Gasteiger partial charge is 0.255 e. The van der Waals surface area contributed by atoms with Gasteiger partial charge in [0.15, 0.2) is 0 Å². The van der Waals surface area contributed by atoms with E-state index in [2.05, 4.69) is 17.3 Å². The molecule has 1 amide bonds. The first-order valence-electron chi connectivity index (χ1n) is 19.7. The van der Waals surface area contributed by atoms with Crippen LogP contribution in [0.4, 0.5) is 14.5 Å². The second-order valence-corrected chi connectivity index (χ2v) is 15.6. The lowest BCUT2D eigenvalue weighted by Crippen LogP contribution is -2.35. The third-order valence-electron chi connectivity index (χ3n) is 12.0. The monoisotopic (exact) mass is 730 g/mol. The van der Waals surface area contributed by atoms with E-state index in [9.17, 15) is 9.59 Å². The van der Waals surface area contributed by atoms with Crippen molar-refractivity contribution < 1.29 is 23.1 Å². The topological polar surface area (TPSA) is 76.5 Å². The van der Waals surface area contributed by atoms with Crippen molar-refractivity contribution in [2.75, 3.05) is 25.5 Å². The van der Waals surface area contributed by atoms with Gasteiger partial charge in [0, 0.05) is 40.9 Å². The van der Waals surface area contributed by atoms with Crippen molar-refractivity contribution in [1.82, 2.24) is 14.7 Å². The van der Waals surface area contributed by atoms with Crippen LogP contribution in [0.2, 0.25) is 0 Å². The van der Waals surface area contributed by atoms with Crippen LogP contribution in [0.5, 0.6) is 5.75 Å². The molecular formula is C45H48F2N4O3. The maximum atomic E-state index is 15.4. The van der Waals surface area contributed by atoms with E-state index in [1.54, 1.807) is 48.5 Å². The van der Waals surface area contributed by atoms with Gasteiger partial charge in [-0.25, -0.2) is 8.78 Å². The van der Waals surface area contributed by atoms with E-state index < -0.39 is 17.7 Å². The number of aromatic nitrogens is 2. The normalized spacial score (nSPS) is 18.6. The average Bonchev–Trinajstić information content (AvgIpc) is 3.98. The van der Waals surface area contributed by atoms with Gasteiger partial charge in [-0.1, -0.05) is 62.1 Å². The van der Waals surface area contributed by atoms with Gasteiger partial charge in [0.05, 0.1) is 17.4 Å². The number of likely N-dealkylation sites (tertiary alicyclic amines) is 1. The molecule has 2 atom stereocenters. The van der Waals surface area contributed by atoms with E-state index >= 15 is 8.78 Å². The quantitative estimate of drug-likeness (QED) is 0.155. The fourth-order valence-electron chi connectivity index (χ4n) is 9.15. The Balaban J connectivity index is 1.17. The van der Waals surface area contributed by atoms with Crippen LogP contribution in [0.15, 0.2) is 91.0 Å². The lowest BCUT2D eigenvalue weighted by molar-refractivity contribution is -0.118. The Morgan fingerprint density at radius 2 is 1.31 bits per heavy atom. The maximum absolute atomic E-state index is 15.4. The van der Waals surface area contributed by atoms with Gasteiger partial charge >= 0.3 is 0 Å². The van der Waals surface area contributed by atoms with Crippen LogP contribution in [0.25, 0.3) is 22.2 Å². The lowest BCUT2D eigenvalue weighted by Gasteiger charge is -2.29. The highest BCUT2D eigenvalue weighted by molar-refractivity contribution is 6.04. The largest absolute Gasteiger partial charge is 0.490 e. The standard InChI is InChI=1S/C45H48F2N4O3/c1-50-26-24-34(25-27-50)54-33-21-18-31(19-22-33)43-37-28-32(48-44(52)41(29-10-2-3-11-29)35-14-6-8-16-38(35)46)20-23-40(37)51(49-43)45(53)42(30-12-4-5-13-30)36-15-7-9-17-39(36)47/h6-9,14-23,28-30,34,41-42H,2-5,10-13,24-27H2,1H3,(H,48,52). The lowest BCUT2D eigenvalue weighted by atomic mass is 9.83. The number of ether oxygens (including phenoxy) is 1. The molecule has 0 spiro atoms. The van der Waals surface area contributed by atoms with Crippen LogP contribution in [0.1, 0.15) is 92.0 Å². The zero-order chi connectivity index (χ0) is 37.2. The van der Waals surface area contributed by atoms with E-state index in [0.717, 1.165) is 88.6 Å². The minimum absolute atomic E-state index is 0.00225. The summed E-state index contributed by atoms with van der Waals surface area (Å²) in [5.41, 5.74) is 3.26. The number of hydrogen-bond donors (Lipinski definition) is 1. The van der Waals surface area contributed by atoms with Gasteiger partial charge in [0.1, 0.15) is 29.2 Å². The van der Waals surface area contributed by atoms with Crippen LogP contribution in [-0.2, 0) is 4.79 Å². The summed E-state index contributed by atoms with van der Waals surface area (Å²) in [6.07, 6.45) is 9.53. The minimum Gasteiger partial charge on any atom is -0.490 e. The molecule has 1 N–H and O–H groups in total. The van der Waals surface area contributed by atoms with Crippen LogP contribution >= 0.6 is 0 Å². The number of anilines is 1. The molecule has 54 heavy (non-hydrogen) atoms. The van der Waals surface area contributed by atoms with Gasteiger partial charge in [-0.05, 0) is 112 Å². The SMILES string of the molecule is CN1CCC(Oc2ccc(-c3nn(C(=O)C(c4ccccc4F)C4CCCC4)c4ccc(NC(=O)C(c5ccccc5F)C5CCCC5)cc34)cc2)CC1. The summed E-state index contributed by atoms with van der Waals surface area (Å²) in [6, 6.07) is 26.3. The summed E-state index contributed by atoms with van der Waals surface area (Å²) in [5.74, 6) is -1.81. The number of rotatable bonds is 10. The van der Waals surface area contributed by atoms with Gasteiger partial charge in [0.2, 0.25) is 5.91 Å². The fraction of sp³-hybridized carbons (Fsp3) is 0.400. The molecule has 3 fully saturated rings. The molecule has 1 aliphatic heterocycles. The maximum Gasteiger partial charge on any atom is 0.255 e. The van der Waals surface area contributed by atoms with Crippen LogP contribution in [0, 0.1) is 23.5 Å². The van der Waals surface area contributed by atoms with Gasteiger partial charge in [-0.3, -0.25) is 9.59 Å². The second kappa shape index (κ2) is 15.8. The number of carbonyl (C=O) groups is 2. The number of nitrogens with one attached hydrogen (secondary N) is 1. The molecular weight excluding hydrogens is 683 g/mol. The first-order chi connectivity index (χ1) is 26.3. The van der Waals surface area contributed by atoms with E-state index in [0.29, 0.717) is 33.4 Å². The van der Waals surface area contributed by atoms with E-state index in [-0.39, 0.29) is 35.6 Å². The van der Waals surface area contributed by atoms with Crippen LogP contribution in [-0.4, -0.2) is 52.7 Å². The molecule has 0 radical (unpaired) electrons. The van der Waals surface area contributed by atoms with Crippen LogP contribution in [0.3, 0.4) is 0 Å². The molecule has 2 heterocycles. The number of carbonyl (C=O) groups excluding carboxylic acids is 2. The molecule has 0 bridgehead atoms. The Bertz CT molecular complexity index is 2110. The Kier molecular flexibility index (Phi) is 10.6. The van der Waals surface area contributed by atoms with E-state index in [1.807, 2.05) is 30.3 Å². The van der Waals surface area contributed by atoms with Crippen molar-refractivity contribution in [3.05, 3.63) is 114 Å². The summed E-state index contributed by atoms with van der Waals surface area (Å²) in [5, 5.41) is 8.76. The van der Waals surface area contributed by atoms with Crippen molar-refractivity contribution in [1.29, 1.82) is 0 Å². The highest BCUT2D eigenvalue weighted by atomic mass is 19.1. The average molecular weight is 731 g/mol. The summed E-state index contributed by atoms with van der Waals surface area (Å²) >= 11 is 0. The Morgan fingerprint density at radius 1 is 0.741 bits per heavy atom. The highest BCUT2D eigenvalue weighted by Crippen LogP contribution is 2.42. The number of hydrogen-bond acceptors (Lipinski definition) is 5. The number of halogens is 2. The highest BCUT2D eigenvalue weighted by Gasteiger charge is 2.37. The fourth-order valence-corrected chi connectivity index (χ4v) is 9.15. The molecule has 8 rings (SSSR count). The second-order valence-electron chi connectivity index (χ2n) is 15.6. The van der Waals surface area contributed by atoms with Crippen LogP contribution < -0.4 is 10.1 Å². The molecule has 1 aromatic heterocycles. The first kappa shape index (κ1) is 36.1. The van der Waals surface area contributed by atoms with Crippen molar-refractivity contribution in [2.45, 2.75) is 82.1 Å². The zero-order valence-corrected chi connectivity index (χ0v) is 30.9. The predicted octanol–water partition coefficient (Wildman–Crippen LogP) is 9.98. The van der Waals surface area contributed by atoms with Gasteiger partial charge in [-0.2, -0.15) is 9.78 Å². The molecule has 4 aromatic carbocycles. The van der Waals surface area contributed by atoms with Crippen molar-refractivity contribution in [3.8, 4) is 17.0 Å². The Hall–Kier alpha value is -4.89. The minimum atomic E-state index is -0.692. The first-order valence-corrected chi connectivity index (χ1v) is 19.7. The van der Waals surface area contributed by atoms with Gasteiger partial charge in [0.25, 0.3) is 5.91 Å². The van der Waals surface area contributed by atoms with Crippen molar-refractivity contribution in [2.24, 2.45) is 11.8 Å². The summed E-state index contributed by atoms with van der Waals surface area (Å²) in [6.45, 7) is 1.99. The van der Waals surface area contributed by atoms with Gasteiger partial charge < -0.3 is 15.0 Å². The predicted molar refractivity (Wildman–Crippen MR) is 208 cm³/mol. The summed E-state index contributed by atoms with van der Waals surface area (Å²) in [7, 11) is 2.12. The molecule has 2 aliphatic carbocycles. The third-order valence-corrected chi connectivity index (χ3v) is 12.0. The Morgan fingerprint density at radius 3 is 1.93 bits per heavy atom. The van der Waals surface area contributed by atoms with E-state index in [1.165, 1.54) is 16.8 Å². The molecule has 9 heteroatoms. The molecule has 280 valence electrons. The number of amides is 1. The molecule has 1 saturated heterocycles. The molecule has 7 nitrogen and oxygen atoms in total. The molecule has 3 aliphatic rings. The number of benzene rings is 4. The number of piperidine rings is 1. The molecule has 2 unspecified atom stereocenters. The Labute approximate surface area is 315 Å². The molecule has 2 saturated carbocycles. The van der Waals surface area contributed by atoms with Gasteiger partial charge in [-0.15, -0.1) is 0 Å². The molecule has 5 aromatic rings. The van der Waals surface area contributed by atoms with E-state index in [4.69, 9.17) is 9.84 Å². The number of fused-ring (bicyclic) bond motifs is 1. The number of nitrogens with zero attached hydrogens (tertiary/aromatic N) is 3. The van der Waals surface area contributed by atoms with Crippen molar-refractivity contribution >= 4 is 28.4 Å². The third kappa shape index (κ3) is 7.43. The summed E-state index contributed by atoms with van der Waals surface area (Å²) in [4.78, 5) is 31.1.